The Morgan fingerprint density at radius 3 is 2.68 bits per heavy atom. The molecule has 4 nitrogen and oxygen atoms in total. The highest BCUT2D eigenvalue weighted by Gasteiger charge is 2.25. The van der Waals surface area contributed by atoms with Crippen LogP contribution in [0.5, 0.6) is 0 Å². The minimum Gasteiger partial charge on any atom is -0.334 e. The molecule has 2 amide bonds. The number of hydrogen-bond acceptors (Lipinski definition) is 2. The summed E-state index contributed by atoms with van der Waals surface area (Å²) in [6.45, 7) is 5.01. The fourth-order valence-corrected chi connectivity index (χ4v) is 2.32. The Hall–Kier alpha value is -1.62. The molecular formula is C14H20FN3O. The molecule has 0 aromatic heterocycles. The van der Waals surface area contributed by atoms with E-state index in [0.717, 1.165) is 25.2 Å². The van der Waals surface area contributed by atoms with E-state index in [1.807, 2.05) is 11.8 Å². The summed E-state index contributed by atoms with van der Waals surface area (Å²) in [6, 6.07) is 6.34. The van der Waals surface area contributed by atoms with Gasteiger partial charge in [-0.2, -0.15) is 0 Å². The molecule has 104 valence electrons. The Balaban J connectivity index is 1.85. The van der Waals surface area contributed by atoms with E-state index in [-0.39, 0.29) is 17.9 Å². The van der Waals surface area contributed by atoms with Gasteiger partial charge in [-0.3, -0.25) is 0 Å². The molecule has 0 aliphatic carbocycles. The van der Waals surface area contributed by atoms with Crippen LogP contribution in [-0.2, 0) is 6.54 Å². The molecule has 2 rings (SSSR count). The molecule has 1 aromatic rings. The Kier molecular flexibility index (Phi) is 4.37. The number of nitrogens with zero attached hydrogens (tertiary/aromatic N) is 2. The first-order valence-electron chi connectivity index (χ1n) is 6.53. The molecule has 1 saturated heterocycles. The van der Waals surface area contributed by atoms with Gasteiger partial charge in [0.15, 0.2) is 0 Å². The highest BCUT2D eigenvalue weighted by atomic mass is 19.1. The summed E-state index contributed by atoms with van der Waals surface area (Å²) < 4.78 is 12.8. The molecule has 0 spiro atoms. The van der Waals surface area contributed by atoms with Gasteiger partial charge in [0.05, 0.1) is 0 Å². The number of carbonyl (C=O) groups is 1. The number of amides is 2. The summed E-state index contributed by atoms with van der Waals surface area (Å²) in [5.74, 6) is -0.261. The van der Waals surface area contributed by atoms with Crippen LogP contribution < -0.4 is 5.32 Å². The zero-order chi connectivity index (χ0) is 13.8. The summed E-state index contributed by atoms with van der Waals surface area (Å²) >= 11 is 0. The van der Waals surface area contributed by atoms with Crippen LogP contribution in [0.1, 0.15) is 12.5 Å². The van der Waals surface area contributed by atoms with Crippen molar-refractivity contribution in [3.8, 4) is 0 Å². The van der Waals surface area contributed by atoms with E-state index in [0.29, 0.717) is 6.54 Å². The van der Waals surface area contributed by atoms with E-state index in [9.17, 15) is 9.18 Å². The second kappa shape index (κ2) is 6.02. The highest BCUT2D eigenvalue weighted by Crippen LogP contribution is 2.08. The van der Waals surface area contributed by atoms with Crippen molar-refractivity contribution in [1.29, 1.82) is 0 Å². The van der Waals surface area contributed by atoms with E-state index in [1.165, 1.54) is 12.1 Å². The normalized spacial score (nSPS) is 20.4. The lowest BCUT2D eigenvalue weighted by atomic mass is 10.2. The standard InChI is InChI=1S/C14H20FN3O/c1-11-10-17(2)7-8-18(11)14(19)16-9-12-3-5-13(15)6-4-12/h3-6,11H,7-10H2,1-2H3,(H,16,19). The third-order valence-electron chi connectivity index (χ3n) is 3.45. The molecule has 0 bridgehead atoms. The minimum atomic E-state index is -0.261. The number of benzene rings is 1. The van der Waals surface area contributed by atoms with Crippen molar-refractivity contribution in [2.24, 2.45) is 0 Å². The van der Waals surface area contributed by atoms with Gasteiger partial charge in [0.2, 0.25) is 0 Å². The van der Waals surface area contributed by atoms with E-state index >= 15 is 0 Å². The van der Waals surface area contributed by atoms with Crippen LogP contribution in [-0.4, -0.2) is 48.6 Å². The zero-order valence-electron chi connectivity index (χ0n) is 11.4. The third kappa shape index (κ3) is 3.67. The van der Waals surface area contributed by atoms with Crippen LogP contribution in [0, 0.1) is 5.82 Å². The van der Waals surface area contributed by atoms with Gasteiger partial charge in [-0.05, 0) is 31.7 Å². The lowest BCUT2D eigenvalue weighted by molar-refractivity contribution is 0.116. The SMILES string of the molecule is CC1CN(C)CCN1C(=O)NCc1ccc(F)cc1. The van der Waals surface area contributed by atoms with E-state index in [4.69, 9.17) is 0 Å². The molecule has 0 saturated carbocycles. The zero-order valence-corrected chi connectivity index (χ0v) is 11.4. The van der Waals surface area contributed by atoms with Gasteiger partial charge in [0.1, 0.15) is 5.82 Å². The van der Waals surface area contributed by atoms with Gasteiger partial charge in [0, 0.05) is 32.2 Å². The largest absolute Gasteiger partial charge is 0.334 e. The molecule has 1 N–H and O–H groups in total. The van der Waals surface area contributed by atoms with Gasteiger partial charge in [0.25, 0.3) is 0 Å². The second-order valence-corrected chi connectivity index (χ2v) is 5.09. The predicted molar refractivity (Wildman–Crippen MR) is 72.3 cm³/mol. The molecule has 1 aromatic carbocycles. The topological polar surface area (TPSA) is 35.6 Å². The summed E-state index contributed by atoms with van der Waals surface area (Å²) in [4.78, 5) is 16.1. The number of rotatable bonds is 2. The monoisotopic (exact) mass is 265 g/mol. The first-order chi connectivity index (χ1) is 9.06. The smallest absolute Gasteiger partial charge is 0.317 e. The number of urea groups is 1. The maximum Gasteiger partial charge on any atom is 0.317 e. The van der Waals surface area contributed by atoms with Crippen molar-refractivity contribution in [3.05, 3.63) is 35.6 Å². The van der Waals surface area contributed by atoms with Crippen LogP contribution in [0.2, 0.25) is 0 Å². The van der Waals surface area contributed by atoms with Gasteiger partial charge in [-0.25, -0.2) is 9.18 Å². The molecule has 1 fully saturated rings. The van der Waals surface area contributed by atoms with Gasteiger partial charge in [-0.15, -0.1) is 0 Å². The summed E-state index contributed by atoms with van der Waals surface area (Å²) in [6.07, 6.45) is 0. The fourth-order valence-electron chi connectivity index (χ4n) is 2.32. The second-order valence-electron chi connectivity index (χ2n) is 5.09. The average Bonchev–Trinajstić information content (AvgIpc) is 2.37. The Bertz CT molecular complexity index is 435. The number of halogens is 1. The lowest BCUT2D eigenvalue weighted by Crippen LogP contribution is -2.55. The summed E-state index contributed by atoms with van der Waals surface area (Å²) in [7, 11) is 2.06. The molecule has 19 heavy (non-hydrogen) atoms. The van der Waals surface area contributed by atoms with Crippen LogP contribution in [0.15, 0.2) is 24.3 Å². The fraction of sp³-hybridized carbons (Fsp3) is 0.500. The van der Waals surface area contributed by atoms with E-state index in [2.05, 4.69) is 17.3 Å². The molecule has 1 aliphatic rings. The first kappa shape index (κ1) is 13.8. The van der Waals surface area contributed by atoms with E-state index in [1.54, 1.807) is 12.1 Å². The Labute approximate surface area is 113 Å². The number of hydrogen-bond donors (Lipinski definition) is 1. The third-order valence-corrected chi connectivity index (χ3v) is 3.45. The molecule has 1 atom stereocenters. The lowest BCUT2D eigenvalue weighted by Gasteiger charge is -2.38. The van der Waals surface area contributed by atoms with Crippen molar-refractivity contribution in [3.63, 3.8) is 0 Å². The molecule has 1 heterocycles. The Morgan fingerprint density at radius 1 is 1.37 bits per heavy atom. The summed E-state index contributed by atoms with van der Waals surface area (Å²) in [5, 5.41) is 2.88. The number of likely N-dealkylation sites (N-methyl/N-ethyl adjacent to an activating group) is 1. The number of piperazine rings is 1. The van der Waals surface area contributed by atoms with Crippen LogP contribution in [0.25, 0.3) is 0 Å². The van der Waals surface area contributed by atoms with Crippen LogP contribution in [0.3, 0.4) is 0 Å². The molecule has 1 unspecified atom stereocenters. The average molecular weight is 265 g/mol. The Morgan fingerprint density at radius 2 is 2.05 bits per heavy atom. The number of carbonyl (C=O) groups excluding carboxylic acids is 1. The van der Waals surface area contributed by atoms with E-state index < -0.39 is 0 Å². The predicted octanol–water partition coefficient (Wildman–Crippen LogP) is 1.67. The van der Waals surface area contributed by atoms with Crippen molar-refractivity contribution in [2.75, 3.05) is 26.7 Å². The van der Waals surface area contributed by atoms with Crippen molar-refractivity contribution in [1.82, 2.24) is 15.1 Å². The van der Waals surface area contributed by atoms with Gasteiger partial charge in [-0.1, -0.05) is 12.1 Å². The molecule has 1 aliphatic heterocycles. The van der Waals surface area contributed by atoms with Crippen molar-refractivity contribution >= 4 is 6.03 Å². The number of nitrogens with one attached hydrogen (secondary N) is 1. The molecular weight excluding hydrogens is 245 g/mol. The summed E-state index contributed by atoms with van der Waals surface area (Å²) in [5.41, 5.74) is 0.900. The maximum absolute atomic E-state index is 12.8. The van der Waals surface area contributed by atoms with Gasteiger partial charge < -0.3 is 15.1 Å². The first-order valence-corrected chi connectivity index (χ1v) is 6.53. The van der Waals surface area contributed by atoms with Crippen LogP contribution in [0.4, 0.5) is 9.18 Å². The molecule has 0 radical (unpaired) electrons. The quantitative estimate of drug-likeness (QED) is 0.883. The van der Waals surface area contributed by atoms with Crippen molar-refractivity contribution in [2.45, 2.75) is 19.5 Å². The molecule has 5 heteroatoms. The minimum absolute atomic E-state index is 0.0510. The van der Waals surface area contributed by atoms with Crippen LogP contribution >= 0.6 is 0 Å². The van der Waals surface area contributed by atoms with Crippen molar-refractivity contribution < 1.29 is 9.18 Å². The van der Waals surface area contributed by atoms with Gasteiger partial charge >= 0.3 is 6.03 Å². The highest BCUT2D eigenvalue weighted by molar-refractivity contribution is 5.74. The maximum atomic E-state index is 12.8.